The Morgan fingerprint density at radius 2 is 1.66 bits per heavy atom. The lowest BCUT2D eigenvalue weighted by molar-refractivity contribution is 0.0745. The van der Waals surface area contributed by atoms with E-state index in [1.165, 1.54) is 19.2 Å². The third-order valence-corrected chi connectivity index (χ3v) is 6.92. The van der Waals surface area contributed by atoms with Crippen molar-refractivity contribution in [1.82, 2.24) is 15.1 Å². The van der Waals surface area contributed by atoms with Gasteiger partial charge in [0.1, 0.15) is 17.1 Å². The third-order valence-electron chi connectivity index (χ3n) is 6.69. The molecule has 3 N–H and O–H groups in total. The van der Waals surface area contributed by atoms with Crippen LogP contribution in [-0.2, 0) is 6.42 Å². The van der Waals surface area contributed by atoms with Crippen molar-refractivity contribution < 1.29 is 29.2 Å². The topological polar surface area (TPSA) is 117 Å². The summed E-state index contributed by atoms with van der Waals surface area (Å²) in [5.74, 6) is 1.23. The highest BCUT2D eigenvalue weighted by Crippen LogP contribution is 2.46. The molecule has 0 saturated carbocycles. The van der Waals surface area contributed by atoms with E-state index >= 15 is 0 Å². The minimum atomic E-state index is -0.570. The summed E-state index contributed by atoms with van der Waals surface area (Å²) in [6, 6.07) is 14.7. The molecule has 9 nitrogen and oxygen atoms in total. The van der Waals surface area contributed by atoms with Crippen LogP contribution in [0.25, 0.3) is 11.3 Å². The number of fused-ring (bicyclic) bond motifs is 1. The number of methoxy groups -OCH3 is 3. The number of ether oxygens (including phenoxy) is 3. The number of amides is 1. The Morgan fingerprint density at radius 3 is 2.39 bits per heavy atom. The number of carbonyl (C=O) groups is 1. The number of rotatable bonds is 8. The van der Waals surface area contributed by atoms with Gasteiger partial charge in [-0.25, -0.2) is 0 Å². The number of halogens is 1. The summed E-state index contributed by atoms with van der Waals surface area (Å²) in [7, 11) is 4.62. The molecule has 1 aromatic heterocycles. The summed E-state index contributed by atoms with van der Waals surface area (Å²) in [6.45, 7) is 0.367. The maximum absolute atomic E-state index is 13.7. The van der Waals surface area contributed by atoms with Crippen molar-refractivity contribution in [2.75, 3.05) is 27.9 Å². The van der Waals surface area contributed by atoms with E-state index in [1.807, 2.05) is 18.2 Å². The smallest absolute Gasteiger partial charge is 0.273 e. The van der Waals surface area contributed by atoms with Gasteiger partial charge in [-0.05, 0) is 60.0 Å². The zero-order chi connectivity index (χ0) is 27.0. The van der Waals surface area contributed by atoms with Gasteiger partial charge in [-0.2, -0.15) is 5.10 Å². The normalized spacial score (nSPS) is 14.5. The summed E-state index contributed by atoms with van der Waals surface area (Å²) >= 11 is 6.23. The predicted molar refractivity (Wildman–Crippen MR) is 141 cm³/mol. The maximum atomic E-state index is 13.7. The fourth-order valence-electron chi connectivity index (χ4n) is 4.83. The molecule has 1 aliphatic rings. The number of nitrogens with zero attached hydrogens (tertiary/aromatic N) is 2. The number of phenolic OH excluding ortho intramolecular Hbond substituents is 2. The Hall–Kier alpha value is -4.37. The van der Waals surface area contributed by atoms with Crippen molar-refractivity contribution >= 4 is 17.5 Å². The molecule has 0 saturated heterocycles. The standard InChI is InChI=1S/C28H26ClN3O6/c1-36-21-9-4-15(12-23(21)38-3)10-11-32-27(16-5-7-20(34)22(13-16)37-2)24-25(30-31-26(24)28(32)35)18-14-17(29)6-8-19(18)33/h4-9,12-14,27,33-34H,10-11H2,1-3H3,(H,30,31). The number of nitrogens with one attached hydrogen (secondary N) is 1. The van der Waals surface area contributed by atoms with Gasteiger partial charge in [0.05, 0.1) is 27.4 Å². The molecule has 1 atom stereocenters. The highest BCUT2D eigenvalue weighted by Gasteiger charge is 2.42. The average Bonchev–Trinajstić information content (AvgIpc) is 3.47. The van der Waals surface area contributed by atoms with Crippen LogP contribution in [0, 0.1) is 0 Å². The van der Waals surface area contributed by atoms with Crippen molar-refractivity contribution in [2.24, 2.45) is 0 Å². The van der Waals surface area contributed by atoms with Gasteiger partial charge in [0.15, 0.2) is 23.0 Å². The summed E-state index contributed by atoms with van der Waals surface area (Å²) in [5.41, 5.74) is 3.41. The van der Waals surface area contributed by atoms with E-state index in [2.05, 4.69) is 10.2 Å². The van der Waals surface area contributed by atoms with Crippen LogP contribution in [0.15, 0.2) is 54.6 Å². The first-order chi connectivity index (χ1) is 18.4. The maximum Gasteiger partial charge on any atom is 0.273 e. The molecule has 0 bridgehead atoms. The summed E-state index contributed by atoms with van der Waals surface area (Å²) in [4.78, 5) is 15.4. The molecule has 0 spiro atoms. The van der Waals surface area contributed by atoms with Gasteiger partial charge >= 0.3 is 0 Å². The Morgan fingerprint density at radius 1 is 0.921 bits per heavy atom. The molecular formula is C28H26ClN3O6. The second kappa shape index (κ2) is 10.2. The van der Waals surface area contributed by atoms with Crippen LogP contribution in [0.4, 0.5) is 0 Å². The van der Waals surface area contributed by atoms with Crippen LogP contribution >= 0.6 is 11.6 Å². The number of carbonyl (C=O) groups excluding carboxylic acids is 1. The van der Waals surface area contributed by atoms with Crippen molar-refractivity contribution in [3.8, 4) is 40.0 Å². The Labute approximate surface area is 224 Å². The number of benzene rings is 3. The van der Waals surface area contributed by atoms with Crippen LogP contribution in [0.1, 0.15) is 33.2 Å². The highest BCUT2D eigenvalue weighted by atomic mass is 35.5. The zero-order valence-corrected chi connectivity index (χ0v) is 21.7. The van der Waals surface area contributed by atoms with Crippen LogP contribution in [0.5, 0.6) is 28.7 Å². The van der Waals surface area contributed by atoms with Gasteiger partial charge in [0.25, 0.3) is 5.91 Å². The number of hydrogen-bond acceptors (Lipinski definition) is 7. The first-order valence-electron chi connectivity index (χ1n) is 11.8. The third kappa shape index (κ3) is 4.35. The second-order valence-electron chi connectivity index (χ2n) is 8.79. The number of aromatic hydroxyl groups is 2. The number of aromatic nitrogens is 2. The van der Waals surface area contributed by atoms with Crippen molar-refractivity contribution in [3.05, 3.63) is 82.0 Å². The molecular weight excluding hydrogens is 510 g/mol. The number of H-pyrrole nitrogens is 1. The molecule has 1 unspecified atom stereocenters. The van der Waals surface area contributed by atoms with E-state index < -0.39 is 6.04 Å². The quantitative estimate of drug-likeness (QED) is 0.292. The Kier molecular flexibility index (Phi) is 6.77. The van der Waals surface area contributed by atoms with Crippen molar-refractivity contribution in [3.63, 3.8) is 0 Å². The van der Waals surface area contributed by atoms with Gasteiger partial charge in [-0.1, -0.05) is 23.7 Å². The van der Waals surface area contributed by atoms with Gasteiger partial charge in [0, 0.05) is 22.7 Å². The van der Waals surface area contributed by atoms with E-state index in [0.717, 1.165) is 5.56 Å². The van der Waals surface area contributed by atoms with Crippen molar-refractivity contribution in [2.45, 2.75) is 12.5 Å². The Bertz CT molecular complexity index is 1520. The molecule has 4 aromatic rings. The zero-order valence-electron chi connectivity index (χ0n) is 21.0. The van der Waals surface area contributed by atoms with E-state index in [0.29, 0.717) is 57.6 Å². The average molecular weight is 536 g/mol. The van der Waals surface area contributed by atoms with Crippen molar-refractivity contribution in [1.29, 1.82) is 0 Å². The first-order valence-corrected chi connectivity index (χ1v) is 12.2. The molecule has 0 radical (unpaired) electrons. The van der Waals surface area contributed by atoms with Gasteiger partial charge in [0.2, 0.25) is 0 Å². The lowest BCUT2D eigenvalue weighted by Crippen LogP contribution is -2.31. The second-order valence-corrected chi connectivity index (χ2v) is 9.23. The highest BCUT2D eigenvalue weighted by molar-refractivity contribution is 6.31. The molecule has 38 heavy (non-hydrogen) atoms. The van der Waals surface area contributed by atoms with Crippen LogP contribution < -0.4 is 14.2 Å². The van der Waals surface area contributed by atoms with E-state index in [4.69, 9.17) is 25.8 Å². The molecule has 196 valence electrons. The van der Waals surface area contributed by atoms with E-state index in [-0.39, 0.29) is 23.2 Å². The minimum Gasteiger partial charge on any atom is -0.507 e. The lowest BCUT2D eigenvalue weighted by atomic mass is 9.95. The number of phenols is 2. The van der Waals surface area contributed by atoms with Crippen LogP contribution in [0.2, 0.25) is 5.02 Å². The van der Waals surface area contributed by atoms with E-state index in [1.54, 1.807) is 43.4 Å². The SMILES string of the molecule is COc1cc(C2c3c(-c4cc(Cl)ccc4O)n[nH]c3C(=O)N2CCc2ccc(OC)c(OC)c2)ccc1O. The molecule has 0 aliphatic carbocycles. The molecule has 2 heterocycles. The number of hydrogen-bond donors (Lipinski definition) is 3. The molecule has 1 amide bonds. The summed E-state index contributed by atoms with van der Waals surface area (Å²) < 4.78 is 16.1. The lowest BCUT2D eigenvalue weighted by Gasteiger charge is -2.27. The minimum absolute atomic E-state index is 0.0121. The van der Waals surface area contributed by atoms with Gasteiger partial charge in [-0.15, -0.1) is 0 Å². The number of aromatic amines is 1. The van der Waals surface area contributed by atoms with Gasteiger partial charge in [-0.3, -0.25) is 9.89 Å². The molecule has 10 heteroatoms. The molecule has 0 fully saturated rings. The van der Waals surface area contributed by atoms with Crippen LogP contribution in [-0.4, -0.2) is 59.1 Å². The molecule has 1 aliphatic heterocycles. The Balaban J connectivity index is 1.58. The fraction of sp³-hybridized carbons (Fsp3) is 0.214. The fourth-order valence-corrected chi connectivity index (χ4v) is 5.00. The molecule has 5 rings (SSSR count). The first kappa shape index (κ1) is 25.3. The largest absolute Gasteiger partial charge is 0.507 e. The van der Waals surface area contributed by atoms with E-state index in [9.17, 15) is 15.0 Å². The summed E-state index contributed by atoms with van der Waals surface area (Å²) in [6.07, 6.45) is 0.535. The van der Waals surface area contributed by atoms with Gasteiger partial charge < -0.3 is 29.3 Å². The van der Waals surface area contributed by atoms with Crippen LogP contribution in [0.3, 0.4) is 0 Å². The predicted octanol–water partition coefficient (Wildman–Crippen LogP) is 4.96. The summed E-state index contributed by atoms with van der Waals surface area (Å²) in [5, 5.41) is 28.5. The molecule has 3 aromatic carbocycles. The monoisotopic (exact) mass is 535 g/mol.